The Labute approximate surface area is 123 Å². The fraction of sp³-hybridized carbons (Fsp3) is 0.733. The summed E-state index contributed by atoms with van der Waals surface area (Å²) >= 11 is 3.57. The van der Waals surface area contributed by atoms with E-state index >= 15 is 0 Å². The molecule has 1 aromatic rings. The second kappa shape index (κ2) is 6.21. The van der Waals surface area contributed by atoms with E-state index in [1.165, 1.54) is 12.8 Å². The number of halogens is 1. The number of carbonyl (C=O) groups is 1. The van der Waals surface area contributed by atoms with Crippen molar-refractivity contribution in [2.75, 3.05) is 0 Å². The van der Waals surface area contributed by atoms with Gasteiger partial charge < -0.3 is 0 Å². The first-order valence-corrected chi connectivity index (χ1v) is 8.10. The fourth-order valence-corrected chi connectivity index (χ4v) is 3.51. The zero-order valence-corrected chi connectivity index (χ0v) is 13.7. The Morgan fingerprint density at radius 3 is 2.74 bits per heavy atom. The molecule has 0 amide bonds. The third-order valence-corrected chi connectivity index (χ3v) is 5.40. The summed E-state index contributed by atoms with van der Waals surface area (Å²) < 4.78 is 2.96. The number of Topliss-reactive ketones (excluding diaryl/α,β-unsaturated/α-hetero) is 1. The average Bonchev–Trinajstić information content (AvgIpc) is 2.98. The summed E-state index contributed by atoms with van der Waals surface area (Å²) in [5.41, 5.74) is 2.02. The summed E-state index contributed by atoms with van der Waals surface area (Å²) in [7, 11) is 0. The van der Waals surface area contributed by atoms with Crippen molar-refractivity contribution in [2.45, 2.75) is 59.4 Å². The van der Waals surface area contributed by atoms with Gasteiger partial charge in [0.05, 0.1) is 15.9 Å². The molecule has 0 radical (unpaired) electrons. The van der Waals surface area contributed by atoms with E-state index in [9.17, 15) is 4.79 Å². The van der Waals surface area contributed by atoms with E-state index in [0.29, 0.717) is 12.2 Å². The second-order valence-electron chi connectivity index (χ2n) is 5.59. The number of hydrogen-bond donors (Lipinski definition) is 0. The van der Waals surface area contributed by atoms with Gasteiger partial charge in [-0.15, -0.1) is 0 Å². The van der Waals surface area contributed by atoms with Crippen molar-refractivity contribution in [3.05, 3.63) is 15.9 Å². The summed E-state index contributed by atoms with van der Waals surface area (Å²) in [6, 6.07) is 0. The predicted octanol–water partition coefficient (Wildman–Crippen LogP) is 3.91. The molecule has 19 heavy (non-hydrogen) atoms. The molecule has 0 saturated heterocycles. The molecule has 0 bridgehead atoms. The van der Waals surface area contributed by atoms with Gasteiger partial charge in [-0.25, -0.2) is 0 Å². The summed E-state index contributed by atoms with van der Waals surface area (Å²) in [6.07, 6.45) is 5.12. The van der Waals surface area contributed by atoms with Crippen LogP contribution in [0.3, 0.4) is 0 Å². The van der Waals surface area contributed by atoms with Gasteiger partial charge >= 0.3 is 0 Å². The largest absolute Gasteiger partial charge is 0.299 e. The number of aromatic nitrogens is 2. The lowest BCUT2D eigenvalue weighted by Gasteiger charge is -2.10. The smallest absolute Gasteiger partial charge is 0.141 e. The molecule has 1 heterocycles. The van der Waals surface area contributed by atoms with Crippen molar-refractivity contribution in [3.63, 3.8) is 0 Å². The van der Waals surface area contributed by atoms with Crippen LogP contribution in [0.1, 0.15) is 50.9 Å². The summed E-state index contributed by atoms with van der Waals surface area (Å²) in [4.78, 5) is 12.4. The van der Waals surface area contributed by atoms with Gasteiger partial charge in [-0.1, -0.05) is 13.3 Å². The normalized spacial score (nSPS) is 22.9. The van der Waals surface area contributed by atoms with Gasteiger partial charge in [0.1, 0.15) is 5.78 Å². The lowest BCUT2D eigenvalue weighted by Crippen LogP contribution is -2.17. The summed E-state index contributed by atoms with van der Waals surface area (Å²) in [5, 5.41) is 4.46. The van der Waals surface area contributed by atoms with Crippen LogP contribution in [-0.2, 0) is 17.8 Å². The topological polar surface area (TPSA) is 34.9 Å². The van der Waals surface area contributed by atoms with E-state index in [1.54, 1.807) is 0 Å². The van der Waals surface area contributed by atoms with Crippen LogP contribution >= 0.6 is 15.9 Å². The number of rotatable bonds is 5. The van der Waals surface area contributed by atoms with Crippen LogP contribution in [-0.4, -0.2) is 15.6 Å². The first-order valence-electron chi connectivity index (χ1n) is 7.31. The van der Waals surface area contributed by atoms with Crippen LogP contribution in [0, 0.1) is 18.8 Å². The molecule has 2 atom stereocenters. The molecule has 1 aliphatic carbocycles. The van der Waals surface area contributed by atoms with Gasteiger partial charge in [0.25, 0.3) is 0 Å². The Bertz CT molecular complexity index is 467. The predicted molar refractivity (Wildman–Crippen MR) is 80.2 cm³/mol. The highest BCUT2D eigenvalue weighted by Gasteiger charge is 2.29. The van der Waals surface area contributed by atoms with Crippen LogP contribution < -0.4 is 0 Å². The van der Waals surface area contributed by atoms with Gasteiger partial charge in [-0.2, -0.15) is 5.10 Å². The molecule has 3 nitrogen and oxygen atoms in total. The number of nitrogens with zero attached hydrogens (tertiary/aromatic N) is 2. The van der Waals surface area contributed by atoms with Crippen LogP contribution in [0.25, 0.3) is 0 Å². The maximum absolute atomic E-state index is 12.4. The van der Waals surface area contributed by atoms with E-state index in [4.69, 9.17) is 0 Å². The van der Waals surface area contributed by atoms with E-state index in [1.807, 2.05) is 11.6 Å². The Kier molecular flexibility index (Phi) is 4.82. The Morgan fingerprint density at radius 1 is 1.42 bits per heavy atom. The molecule has 1 aliphatic rings. The minimum absolute atomic E-state index is 0.275. The van der Waals surface area contributed by atoms with Gasteiger partial charge in [0, 0.05) is 18.9 Å². The van der Waals surface area contributed by atoms with Crippen molar-refractivity contribution < 1.29 is 4.79 Å². The number of carbonyl (C=O) groups excluding carboxylic acids is 1. The molecule has 0 spiro atoms. The molecule has 1 saturated carbocycles. The molecule has 1 fully saturated rings. The van der Waals surface area contributed by atoms with E-state index in [0.717, 1.165) is 41.2 Å². The molecular formula is C15H23BrN2O. The van der Waals surface area contributed by atoms with Crippen molar-refractivity contribution in [3.8, 4) is 0 Å². The van der Waals surface area contributed by atoms with Crippen molar-refractivity contribution in [1.82, 2.24) is 9.78 Å². The Hall–Kier alpha value is -0.640. The summed E-state index contributed by atoms with van der Waals surface area (Å²) in [6.45, 7) is 7.09. The van der Waals surface area contributed by atoms with Gasteiger partial charge in [-0.05, 0) is 55.0 Å². The lowest BCUT2D eigenvalue weighted by atomic mass is 9.96. The Morgan fingerprint density at radius 2 is 2.16 bits per heavy atom. The highest BCUT2D eigenvalue weighted by atomic mass is 79.9. The SMILES string of the molecule is CCC1CCC(C(=O)Cc2c(Br)c(C)nn2CC)C1. The summed E-state index contributed by atoms with van der Waals surface area (Å²) in [5.74, 6) is 1.43. The zero-order valence-electron chi connectivity index (χ0n) is 12.1. The molecule has 0 aromatic carbocycles. The minimum atomic E-state index is 0.275. The maximum atomic E-state index is 12.4. The van der Waals surface area contributed by atoms with E-state index in [2.05, 4.69) is 34.9 Å². The van der Waals surface area contributed by atoms with Gasteiger partial charge in [-0.3, -0.25) is 9.48 Å². The molecule has 0 aliphatic heterocycles. The van der Waals surface area contributed by atoms with Crippen molar-refractivity contribution >= 4 is 21.7 Å². The highest BCUT2D eigenvalue weighted by molar-refractivity contribution is 9.10. The standard InChI is InChI=1S/C15H23BrN2O/c1-4-11-6-7-12(8-11)14(19)9-13-15(16)10(3)17-18(13)5-2/h11-12H,4-9H2,1-3H3. The first kappa shape index (κ1) is 14.8. The lowest BCUT2D eigenvalue weighted by molar-refractivity contribution is -0.122. The second-order valence-corrected chi connectivity index (χ2v) is 6.38. The molecule has 2 unspecified atom stereocenters. The Balaban J connectivity index is 2.07. The van der Waals surface area contributed by atoms with Crippen LogP contribution in [0.15, 0.2) is 4.47 Å². The van der Waals surface area contributed by atoms with E-state index in [-0.39, 0.29) is 5.92 Å². The molecular weight excluding hydrogens is 304 g/mol. The molecule has 2 rings (SSSR count). The molecule has 106 valence electrons. The number of ketones is 1. The van der Waals surface area contributed by atoms with Crippen LogP contribution in [0.5, 0.6) is 0 Å². The average molecular weight is 327 g/mol. The third-order valence-electron chi connectivity index (χ3n) is 4.37. The third kappa shape index (κ3) is 3.10. The van der Waals surface area contributed by atoms with Crippen LogP contribution in [0.2, 0.25) is 0 Å². The van der Waals surface area contributed by atoms with Gasteiger partial charge in [0.2, 0.25) is 0 Å². The highest BCUT2D eigenvalue weighted by Crippen LogP contribution is 2.34. The molecule has 0 N–H and O–H groups in total. The van der Waals surface area contributed by atoms with Crippen molar-refractivity contribution in [2.24, 2.45) is 11.8 Å². The fourth-order valence-electron chi connectivity index (χ4n) is 3.09. The maximum Gasteiger partial charge on any atom is 0.141 e. The minimum Gasteiger partial charge on any atom is -0.299 e. The molecule has 1 aromatic heterocycles. The van der Waals surface area contributed by atoms with Crippen molar-refractivity contribution in [1.29, 1.82) is 0 Å². The number of aryl methyl sites for hydroxylation is 2. The zero-order chi connectivity index (χ0) is 14.0. The van der Waals surface area contributed by atoms with E-state index < -0.39 is 0 Å². The molecule has 4 heteroatoms. The van der Waals surface area contributed by atoms with Crippen LogP contribution in [0.4, 0.5) is 0 Å². The quantitative estimate of drug-likeness (QED) is 0.822. The van der Waals surface area contributed by atoms with Gasteiger partial charge in [0.15, 0.2) is 0 Å². The number of hydrogen-bond acceptors (Lipinski definition) is 2. The first-order chi connectivity index (χ1) is 9.06. The monoisotopic (exact) mass is 326 g/mol.